The van der Waals surface area contributed by atoms with Gasteiger partial charge in [-0.3, -0.25) is 0 Å². The molecule has 1 aromatic rings. The van der Waals surface area contributed by atoms with Crippen molar-refractivity contribution in [2.24, 2.45) is 0 Å². The molecular formula is C13H21BrClFN2O2. The minimum absolute atomic E-state index is 0. The molecule has 7 heteroatoms. The second-order valence-electron chi connectivity index (χ2n) is 4.14. The van der Waals surface area contributed by atoms with Crippen molar-refractivity contribution in [3.05, 3.63) is 28.0 Å². The zero-order chi connectivity index (χ0) is 14.3. The van der Waals surface area contributed by atoms with Crippen LogP contribution in [0.3, 0.4) is 0 Å². The molecule has 0 amide bonds. The lowest BCUT2D eigenvalue weighted by Gasteiger charge is -2.18. The number of hydrogen-bond acceptors (Lipinski definition) is 4. The van der Waals surface area contributed by atoms with E-state index < -0.39 is 5.82 Å². The molecule has 1 atom stereocenters. The van der Waals surface area contributed by atoms with Crippen LogP contribution in [0.4, 0.5) is 10.1 Å². The lowest BCUT2D eigenvalue weighted by Crippen LogP contribution is -2.26. The summed E-state index contributed by atoms with van der Waals surface area (Å²) in [6.07, 6.45) is 0.836. The van der Waals surface area contributed by atoms with Crippen molar-refractivity contribution in [1.29, 1.82) is 0 Å². The summed E-state index contributed by atoms with van der Waals surface area (Å²) in [5.41, 5.74) is 6.27. The minimum Gasteiger partial charge on any atom is -0.395 e. The van der Waals surface area contributed by atoms with Crippen molar-refractivity contribution in [3.8, 4) is 0 Å². The third kappa shape index (κ3) is 5.93. The van der Waals surface area contributed by atoms with Crippen LogP contribution >= 0.6 is 28.3 Å². The Morgan fingerprint density at radius 3 is 2.75 bits per heavy atom. The molecule has 0 aliphatic carbocycles. The molecule has 1 aromatic carbocycles. The van der Waals surface area contributed by atoms with Crippen molar-refractivity contribution >= 4 is 34.0 Å². The van der Waals surface area contributed by atoms with Crippen LogP contribution in [0.1, 0.15) is 24.9 Å². The van der Waals surface area contributed by atoms with Crippen molar-refractivity contribution in [2.75, 3.05) is 32.1 Å². The van der Waals surface area contributed by atoms with Gasteiger partial charge in [0.25, 0.3) is 0 Å². The molecule has 20 heavy (non-hydrogen) atoms. The Labute approximate surface area is 133 Å². The smallest absolute Gasteiger partial charge is 0.147 e. The Kier molecular flexibility index (Phi) is 10.1. The van der Waals surface area contributed by atoms with Crippen molar-refractivity contribution in [2.45, 2.75) is 19.4 Å². The van der Waals surface area contributed by atoms with Gasteiger partial charge in [-0.2, -0.15) is 0 Å². The van der Waals surface area contributed by atoms with E-state index in [1.54, 1.807) is 6.07 Å². The summed E-state index contributed by atoms with van der Waals surface area (Å²) in [4.78, 5) is 0. The first-order valence-corrected chi connectivity index (χ1v) is 7.05. The predicted molar refractivity (Wildman–Crippen MR) is 84.7 cm³/mol. The number of halogens is 3. The third-order valence-corrected chi connectivity index (χ3v) is 3.40. The van der Waals surface area contributed by atoms with Gasteiger partial charge >= 0.3 is 0 Å². The fraction of sp³-hybridized carbons (Fsp3) is 0.538. The maximum Gasteiger partial charge on any atom is 0.147 e. The van der Waals surface area contributed by atoms with E-state index in [0.717, 1.165) is 6.42 Å². The van der Waals surface area contributed by atoms with Gasteiger partial charge in [-0.05, 0) is 53.5 Å². The summed E-state index contributed by atoms with van der Waals surface area (Å²) in [7, 11) is 0. The molecule has 116 valence electrons. The van der Waals surface area contributed by atoms with Crippen LogP contribution in [-0.4, -0.2) is 31.5 Å². The standard InChI is InChI=1S/C13H20BrFN2O2.ClH/c1-2-19-5-3-4-17-12(8-18)9-6-10(14)13(16)11(15)7-9;/h6-7,12,17-18H,2-5,8,16H2,1H3;1H. The first-order chi connectivity index (χ1) is 9.10. The topological polar surface area (TPSA) is 67.5 Å². The van der Waals surface area contributed by atoms with Gasteiger partial charge < -0.3 is 20.9 Å². The molecule has 1 rings (SSSR count). The SMILES string of the molecule is CCOCCCNC(CO)c1cc(F)c(N)c(Br)c1.Cl. The Hall–Kier alpha value is -0.400. The van der Waals surface area contributed by atoms with Crippen molar-refractivity contribution < 1.29 is 14.2 Å². The summed E-state index contributed by atoms with van der Waals surface area (Å²) in [5.74, 6) is -0.487. The number of nitrogens with two attached hydrogens (primary N) is 1. The molecule has 0 aliphatic rings. The highest BCUT2D eigenvalue weighted by Gasteiger charge is 2.13. The summed E-state index contributed by atoms with van der Waals surface area (Å²) in [5, 5.41) is 12.5. The molecule has 4 nitrogen and oxygen atoms in total. The Bertz CT molecular complexity index is 387. The maximum atomic E-state index is 13.5. The highest BCUT2D eigenvalue weighted by Crippen LogP contribution is 2.27. The zero-order valence-corrected chi connectivity index (χ0v) is 13.8. The number of hydrogen-bond donors (Lipinski definition) is 3. The van der Waals surface area contributed by atoms with E-state index in [2.05, 4.69) is 21.2 Å². The van der Waals surface area contributed by atoms with E-state index in [1.165, 1.54) is 6.07 Å². The molecule has 0 radical (unpaired) electrons. The number of nitrogen functional groups attached to an aromatic ring is 1. The van der Waals surface area contributed by atoms with Crippen molar-refractivity contribution in [1.82, 2.24) is 5.32 Å². The summed E-state index contributed by atoms with van der Waals surface area (Å²) >= 11 is 3.20. The average Bonchev–Trinajstić information content (AvgIpc) is 2.39. The van der Waals surface area contributed by atoms with Gasteiger partial charge in [0.1, 0.15) is 5.82 Å². The number of anilines is 1. The molecule has 0 aromatic heterocycles. The molecule has 0 aliphatic heterocycles. The highest BCUT2D eigenvalue weighted by molar-refractivity contribution is 9.10. The van der Waals surface area contributed by atoms with E-state index in [0.29, 0.717) is 29.8 Å². The quantitative estimate of drug-likeness (QED) is 0.485. The molecule has 1 unspecified atom stereocenters. The van der Waals surface area contributed by atoms with Gasteiger partial charge in [0, 0.05) is 17.7 Å². The third-order valence-electron chi connectivity index (χ3n) is 2.75. The van der Waals surface area contributed by atoms with Gasteiger partial charge in [0.2, 0.25) is 0 Å². The zero-order valence-electron chi connectivity index (χ0n) is 11.4. The largest absolute Gasteiger partial charge is 0.395 e. The fourth-order valence-corrected chi connectivity index (χ4v) is 2.14. The lowest BCUT2D eigenvalue weighted by atomic mass is 10.1. The van der Waals surface area contributed by atoms with E-state index in [-0.39, 0.29) is 30.7 Å². The Balaban J connectivity index is 0.00000361. The fourth-order valence-electron chi connectivity index (χ4n) is 1.69. The molecule has 0 spiro atoms. The van der Waals surface area contributed by atoms with Gasteiger partial charge in [0.05, 0.1) is 18.3 Å². The average molecular weight is 372 g/mol. The lowest BCUT2D eigenvalue weighted by molar-refractivity contribution is 0.142. The van der Waals surface area contributed by atoms with Crippen LogP contribution in [0.2, 0.25) is 0 Å². The highest BCUT2D eigenvalue weighted by atomic mass is 79.9. The monoisotopic (exact) mass is 370 g/mol. The van der Waals surface area contributed by atoms with Crippen LogP contribution in [0, 0.1) is 5.82 Å². The predicted octanol–water partition coefficient (Wildman–Crippen LogP) is 2.64. The molecule has 4 N–H and O–H groups in total. The first kappa shape index (κ1) is 19.6. The van der Waals surface area contributed by atoms with E-state index in [1.807, 2.05) is 6.92 Å². The number of rotatable bonds is 8. The number of aliphatic hydroxyl groups excluding tert-OH is 1. The minimum atomic E-state index is -0.487. The van der Waals surface area contributed by atoms with Gasteiger partial charge in [-0.1, -0.05) is 0 Å². The van der Waals surface area contributed by atoms with Crippen LogP contribution in [0.15, 0.2) is 16.6 Å². The van der Waals surface area contributed by atoms with Crippen LogP contribution < -0.4 is 11.1 Å². The van der Waals surface area contributed by atoms with E-state index in [9.17, 15) is 9.50 Å². The van der Waals surface area contributed by atoms with Crippen molar-refractivity contribution in [3.63, 3.8) is 0 Å². The molecule has 0 heterocycles. The number of ether oxygens (including phenoxy) is 1. The van der Waals surface area contributed by atoms with Gasteiger partial charge in [-0.15, -0.1) is 12.4 Å². The van der Waals surface area contributed by atoms with E-state index >= 15 is 0 Å². The second kappa shape index (κ2) is 10.3. The summed E-state index contributed by atoms with van der Waals surface area (Å²) in [6, 6.07) is 2.75. The normalized spacial score (nSPS) is 12.0. The second-order valence-corrected chi connectivity index (χ2v) is 4.99. The molecule has 0 saturated carbocycles. The van der Waals surface area contributed by atoms with Crippen LogP contribution in [0.5, 0.6) is 0 Å². The number of nitrogens with one attached hydrogen (secondary N) is 1. The van der Waals surface area contributed by atoms with E-state index in [4.69, 9.17) is 10.5 Å². The number of benzene rings is 1. The number of aliphatic hydroxyl groups is 1. The maximum absolute atomic E-state index is 13.5. The summed E-state index contributed by atoms with van der Waals surface area (Å²) in [6.45, 7) is 3.89. The molecule has 0 bridgehead atoms. The molecule has 0 saturated heterocycles. The molecular weight excluding hydrogens is 351 g/mol. The van der Waals surface area contributed by atoms with Gasteiger partial charge in [0.15, 0.2) is 0 Å². The molecule has 0 fully saturated rings. The Morgan fingerprint density at radius 1 is 1.50 bits per heavy atom. The first-order valence-electron chi connectivity index (χ1n) is 6.26. The summed E-state index contributed by atoms with van der Waals surface area (Å²) < 4.78 is 19.3. The Morgan fingerprint density at radius 2 is 2.20 bits per heavy atom. The van der Waals surface area contributed by atoms with Crippen LogP contribution in [0.25, 0.3) is 0 Å². The van der Waals surface area contributed by atoms with Gasteiger partial charge in [-0.25, -0.2) is 4.39 Å². The van der Waals surface area contributed by atoms with Crippen LogP contribution in [-0.2, 0) is 4.74 Å².